The van der Waals surface area contributed by atoms with Gasteiger partial charge in [0.25, 0.3) is 5.91 Å². The fourth-order valence-corrected chi connectivity index (χ4v) is 2.37. The molecule has 1 aliphatic heterocycles. The Balaban J connectivity index is 2.17. The molecule has 0 spiro atoms. The minimum absolute atomic E-state index is 0.0221. The summed E-state index contributed by atoms with van der Waals surface area (Å²) < 4.78 is 0. The lowest BCUT2D eigenvalue weighted by Gasteiger charge is -2.30. The molecule has 1 aromatic carbocycles. The van der Waals surface area contributed by atoms with Crippen molar-refractivity contribution in [1.29, 1.82) is 0 Å². The third kappa shape index (κ3) is 2.64. The Kier molecular flexibility index (Phi) is 3.87. The molecule has 0 saturated carbocycles. The maximum atomic E-state index is 12.4. The molecule has 1 saturated heterocycles. The molecule has 2 rings (SSSR count). The van der Waals surface area contributed by atoms with Gasteiger partial charge in [-0.1, -0.05) is 0 Å². The number of aryl methyl sites for hydroxylation is 1. The highest BCUT2D eigenvalue weighted by Gasteiger charge is 2.23. The molecule has 0 bridgehead atoms. The van der Waals surface area contributed by atoms with E-state index < -0.39 is 0 Å². The van der Waals surface area contributed by atoms with Gasteiger partial charge in [0.05, 0.1) is 6.10 Å². The van der Waals surface area contributed by atoms with Crippen molar-refractivity contribution in [2.75, 3.05) is 25.5 Å². The Morgan fingerprint density at radius 1 is 1.50 bits per heavy atom. The van der Waals surface area contributed by atoms with Gasteiger partial charge in [0.2, 0.25) is 0 Å². The van der Waals surface area contributed by atoms with Gasteiger partial charge in [-0.2, -0.15) is 0 Å². The molecule has 18 heavy (non-hydrogen) atoms. The van der Waals surface area contributed by atoms with E-state index in [1.165, 1.54) is 0 Å². The number of hydrogen-bond acceptors (Lipinski definition) is 3. The molecule has 0 radical (unpaired) electrons. The van der Waals surface area contributed by atoms with Gasteiger partial charge in [-0.05, 0) is 43.5 Å². The Morgan fingerprint density at radius 3 is 2.89 bits per heavy atom. The Hall–Kier alpha value is -1.55. The van der Waals surface area contributed by atoms with Crippen LogP contribution in [0, 0.1) is 6.92 Å². The molecule has 98 valence electrons. The van der Waals surface area contributed by atoms with Gasteiger partial charge in [-0.3, -0.25) is 4.79 Å². The van der Waals surface area contributed by atoms with Gasteiger partial charge >= 0.3 is 0 Å². The third-order valence-corrected chi connectivity index (χ3v) is 3.43. The Bertz CT molecular complexity index is 445. The number of amides is 1. The van der Waals surface area contributed by atoms with Crippen molar-refractivity contribution < 1.29 is 9.90 Å². The quantitative estimate of drug-likeness (QED) is 0.836. The average molecular weight is 248 g/mol. The van der Waals surface area contributed by atoms with Gasteiger partial charge in [-0.15, -0.1) is 0 Å². The number of likely N-dealkylation sites (tertiary alicyclic amines) is 1. The molecular weight excluding hydrogens is 228 g/mol. The molecule has 0 aliphatic carbocycles. The molecule has 1 amide bonds. The van der Waals surface area contributed by atoms with E-state index in [9.17, 15) is 9.90 Å². The molecule has 0 aromatic heterocycles. The molecule has 1 aromatic rings. The lowest BCUT2D eigenvalue weighted by atomic mass is 10.0. The van der Waals surface area contributed by atoms with Crippen molar-refractivity contribution in [2.24, 2.45) is 0 Å². The van der Waals surface area contributed by atoms with Crippen molar-refractivity contribution in [2.45, 2.75) is 25.9 Å². The van der Waals surface area contributed by atoms with E-state index in [1.807, 2.05) is 32.2 Å². The molecule has 1 heterocycles. The summed E-state index contributed by atoms with van der Waals surface area (Å²) in [5.74, 6) is 0.0221. The van der Waals surface area contributed by atoms with Crippen LogP contribution in [0.15, 0.2) is 18.2 Å². The summed E-state index contributed by atoms with van der Waals surface area (Å²) in [6.07, 6.45) is 1.29. The van der Waals surface area contributed by atoms with Gasteiger partial charge in [0.15, 0.2) is 0 Å². The summed E-state index contributed by atoms with van der Waals surface area (Å²) in [6, 6.07) is 5.72. The van der Waals surface area contributed by atoms with Crippen LogP contribution in [0.5, 0.6) is 0 Å². The zero-order valence-corrected chi connectivity index (χ0v) is 10.9. The number of hydrogen-bond donors (Lipinski definition) is 2. The maximum Gasteiger partial charge on any atom is 0.254 e. The first kappa shape index (κ1) is 12.9. The molecule has 1 fully saturated rings. The molecule has 4 heteroatoms. The number of aliphatic hydroxyl groups is 1. The van der Waals surface area contributed by atoms with E-state index >= 15 is 0 Å². The normalized spacial score (nSPS) is 19.7. The number of carbonyl (C=O) groups is 1. The van der Waals surface area contributed by atoms with Crippen LogP contribution in [0.1, 0.15) is 28.8 Å². The molecule has 1 atom stereocenters. The fourth-order valence-electron chi connectivity index (χ4n) is 2.37. The first-order valence-electron chi connectivity index (χ1n) is 6.37. The van der Waals surface area contributed by atoms with Gasteiger partial charge in [-0.25, -0.2) is 0 Å². The number of β-amino-alcohol motifs (C(OH)–C–C–N with tert-alkyl or cyclic N) is 1. The Morgan fingerprint density at radius 2 is 2.28 bits per heavy atom. The van der Waals surface area contributed by atoms with Crippen LogP contribution in [0.3, 0.4) is 0 Å². The monoisotopic (exact) mass is 248 g/mol. The van der Waals surface area contributed by atoms with Crippen LogP contribution in [0.25, 0.3) is 0 Å². The fraction of sp³-hybridized carbons (Fsp3) is 0.500. The van der Waals surface area contributed by atoms with Crippen molar-refractivity contribution in [3.8, 4) is 0 Å². The lowest BCUT2D eigenvalue weighted by molar-refractivity contribution is 0.0473. The maximum absolute atomic E-state index is 12.4. The van der Waals surface area contributed by atoms with Crippen LogP contribution < -0.4 is 5.32 Å². The highest BCUT2D eigenvalue weighted by atomic mass is 16.3. The minimum Gasteiger partial charge on any atom is -0.391 e. The van der Waals surface area contributed by atoms with Crippen LogP contribution in [-0.2, 0) is 0 Å². The number of benzene rings is 1. The van der Waals surface area contributed by atoms with Gasteiger partial charge in [0.1, 0.15) is 0 Å². The first-order valence-corrected chi connectivity index (χ1v) is 6.37. The van der Waals surface area contributed by atoms with Crippen molar-refractivity contribution >= 4 is 11.6 Å². The number of carbonyl (C=O) groups excluding carboxylic acids is 1. The molecule has 4 nitrogen and oxygen atoms in total. The van der Waals surface area contributed by atoms with E-state index in [-0.39, 0.29) is 12.0 Å². The van der Waals surface area contributed by atoms with Crippen molar-refractivity contribution in [3.63, 3.8) is 0 Å². The summed E-state index contributed by atoms with van der Waals surface area (Å²) in [6.45, 7) is 3.13. The van der Waals surface area contributed by atoms with Crippen LogP contribution in [0.2, 0.25) is 0 Å². The standard InChI is InChI=1S/C14H20N2O2/c1-10-8-11(15-2)5-6-13(10)14(18)16-7-3-4-12(17)9-16/h5-6,8,12,15,17H,3-4,7,9H2,1-2H3. The van der Waals surface area contributed by atoms with Gasteiger partial charge < -0.3 is 15.3 Å². The highest BCUT2D eigenvalue weighted by molar-refractivity contribution is 5.96. The summed E-state index contributed by atoms with van der Waals surface area (Å²) in [5, 5.41) is 12.7. The molecular formula is C14H20N2O2. The lowest BCUT2D eigenvalue weighted by Crippen LogP contribution is -2.42. The second-order valence-corrected chi connectivity index (χ2v) is 4.83. The van der Waals surface area contributed by atoms with Crippen LogP contribution in [-0.4, -0.2) is 42.2 Å². The average Bonchev–Trinajstić information content (AvgIpc) is 2.37. The smallest absolute Gasteiger partial charge is 0.254 e. The van der Waals surface area contributed by atoms with Gasteiger partial charge in [0, 0.05) is 31.4 Å². The van der Waals surface area contributed by atoms with E-state index in [0.29, 0.717) is 6.54 Å². The SMILES string of the molecule is CNc1ccc(C(=O)N2CCCC(O)C2)c(C)c1. The molecule has 1 unspecified atom stereocenters. The second kappa shape index (κ2) is 5.40. The van der Waals surface area contributed by atoms with E-state index in [0.717, 1.165) is 36.2 Å². The number of rotatable bonds is 2. The predicted molar refractivity (Wildman–Crippen MR) is 71.9 cm³/mol. The zero-order valence-electron chi connectivity index (χ0n) is 10.9. The number of anilines is 1. The summed E-state index contributed by atoms with van der Waals surface area (Å²) >= 11 is 0. The largest absolute Gasteiger partial charge is 0.391 e. The zero-order chi connectivity index (χ0) is 13.1. The minimum atomic E-state index is -0.375. The van der Waals surface area contributed by atoms with E-state index in [4.69, 9.17) is 0 Å². The number of piperidine rings is 1. The third-order valence-electron chi connectivity index (χ3n) is 3.43. The molecule has 1 aliphatic rings. The topological polar surface area (TPSA) is 52.6 Å². The number of nitrogens with one attached hydrogen (secondary N) is 1. The second-order valence-electron chi connectivity index (χ2n) is 4.83. The van der Waals surface area contributed by atoms with E-state index in [2.05, 4.69) is 5.32 Å². The number of nitrogens with zero attached hydrogens (tertiary/aromatic N) is 1. The number of aliphatic hydroxyl groups excluding tert-OH is 1. The summed E-state index contributed by atoms with van der Waals surface area (Å²) in [4.78, 5) is 14.1. The molecule has 2 N–H and O–H groups in total. The Labute approximate surface area is 108 Å². The van der Waals surface area contributed by atoms with Crippen molar-refractivity contribution in [3.05, 3.63) is 29.3 Å². The predicted octanol–water partition coefficient (Wildman–Crippen LogP) is 1.63. The highest BCUT2D eigenvalue weighted by Crippen LogP contribution is 2.19. The van der Waals surface area contributed by atoms with E-state index in [1.54, 1.807) is 4.90 Å². The summed E-state index contributed by atoms with van der Waals surface area (Å²) in [5.41, 5.74) is 2.69. The summed E-state index contributed by atoms with van der Waals surface area (Å²) in [7, 11) is 1.86. The van der Waals surface area contributed by atoms with Crippen LogP contribution in [0.4, 0.5) is 5.69 Å². The first-order chi connectivity index (χ1) is 8.61. The van der Waals surface area contributed by atoms with Crippen molar-refractivity contribution in [1.82, 2.24) is 4.90 Å². The van der Waals surface area contributed by atoms with Crippen LogP contribution >= 0.6 is 0 Å².